The van der Waals surface area contributed by atoms with Gasteiger partial charge in [0.05, 0.1) is 12.6 Å². The van der Waals surface area contributed by atoms with Crippen LogP contribution in [-0.4, -0.2) is 43.5 Å². The van der Waals surface area contributed by atoms with Crippen molar-refractivity contribution < 1.29 is 23.5 Å². The van der Waals surface area contributed by atoms with Gasteiger partial charge in [0.25, 0.3) is 11.8 Å². The van der Waals surface area contributed by atoms with Crippen LogP contribution in [0.3, 0.4) is 0 Å². The summed E-state index contributed by atoms with van der Waals surface area (Å²) in [5, 5.41) is 2.74. The van der Waals surface area contributed by atoms with Crippen molar-refractivity contribution in [3.8, 4) is 5.75 Å². The molecule has 5 rings (SSSR count). The molecule has 1 unspecified atom stereocenters. The Bertz CT molecular complexity index is 1380. The second kappa shape index (κ2) is 11.8. The first-order valence-electron chi connectivity index (χ1n) is 12.7. The largest absolute Gasteiger partial charge is 0.486 e. The van der Waals surface area contributed by atoms with E-state index in [1.165, 1.54) is 5.56 Å². The molecule has 3 aromatic carbocycles. The first-order valence-corrected chi connectivity index (χ1v) is 12.7. The minimum Gasteiger partial charge on any atom is -0.486 e. The van der Waals surface area contributed by atoms with E-state index < -0.39 is 0 Å². The summed E-state index contributed by atoms with van der Waals surface area (Å²) in [5.41, 5.74) is 3.95. The topological polar surface area (TPSA) is 81.0 Å². The Kier molecular flexibility index (Phi) is 7.85. The van der Waals surface area contributed by atoms with Gasteiger partial charge in [-0.1, -0.05) is 54.6 Å². The van der Waals surface area contributed by atoms with Crippen LogP contribution in [0.25, 0.3) is 0 Å². The lowest BCUT2D eigenvalue weighted by Gasteiger charge is -2.38. The van der Waals surface area contributed by atoms with Crippen LogP contribution < -0.4 is 10.1 Å². The molecule has 0 saturated heterocycles. The smallest absolute Gasteiger partial charge is 0.287 e. The van der Waals surface area contributed by atoms with E-state index in [0.717, 1.165) is 17.5 Å². The Morgan fingerprint density at radius 1 is 0.974 bits per heavy atom. The maximum atomic E-state index is 13.6. The van der Waals surface area contributed by atoms with Crippen molar-refractivity contribution >= 4 is 11.8 Å². The molecule has 1 atom stereocenters. The van der Waals surface area contributed by atoms with Gasteiger partial charge in [0, 0.05) is 25.8 Å². The number of carbonyl (C=O) groups excluding carboxylic acids is 2. The predicted octanol–water partition coefficient (Wildman–Crippen LogP) is 5.02. The summed E-state index contributed by atoms with van der Waals surface area (Å²) in [5.74, 6) is 1.14. The lowest BCUT2D eigenvalue weighted by molar-refractivity contribution is 0.0694. The van der Waals surface area contributed by atoms with E-state index in [4.69, 9.17) is 13.9 Å². The van der Waals surface area contributed by atoms with Crippen LogP contribution in [-0.2, 0) is 17.8 Å². The van der Waals surface area contributed by atoms with Gasteiger partial charge in [0.15, 0.2) is 5.76 Å². The Morgan fingerprint density at radius 2 is 1.74 bits per heavy atom. The Balaban J connectivity index is 1.36. The standard InChI is InChI=1S/C31H30N2O5/c1-36-19-17-32-30(34)28-15-14-26(38-28)21-37-25-13-12-22-16-18-33(31(35)24-10-6-3-7-11-24)29(27(22)20-25)23-8-4-2-5-9-23/h2-15,20,29H,16-19,21H2,1H3,(H,32,34). The van der Waals surface area contributed by atoms with E-state index in [1.54, 1.807) is 19.2 Å². The molecular weight excluding hydrogens is 480 g/mol. The van der Waals surface area contributed by atoms with Crippen LogP contribution in [0.5, 0.6) is 5.75 Å². The number of hydrogen-bond acceptors (Lipinski definition) is 5. The summed E-state index contributed by atoms with van der Waals surface area (Å²) in [7, 11) is 1.58. The summed E-state index contributed by atoms with van der Waals surface area (Å²) in [6.07, 6.45) is 0.761. The molecule has 4 aromatic rings. The summed E-state index contributed by atoms with van der Waals surface area (Å²) in [6, 6.07) is 28.6. The highest BCUT2D eigenvalue weighted by atomic mass is 16.5. The molecule has 0 aliphatic carbocycles. The second-order valence-corrected chi connectivity index (χ2v) is 9.09. The molecule has 0 radical (unpaired) electrons. The highest BCUT2D eigenvalue weighted by Gasteiger charge is 2.33. The molecule has 7 nitrogen and oxygen atoms in total. The fraction of sp³-hybridized carbons (Fsp3) is 0.226. The Morgan fingerprint density at radius 3 is 2.50 bits per heavy atom. The number of hydrogen-bond donors (Lipinski definition) is 1. The minimum absolute atomic E-state index is 0.00307. The molecular formula is C31H30N2O5. The van der Waals surface area contributed by atoms with Gasteiger partial charge >= 0.3 is 0 Å². The SMILES string of the molecule is COCCNC(=O)c1ccc(COc2ccc3c(c2)C(c2ccccc2)N(C(=O)c2ccccc2)CC3)o1. The van der Waals surface area contributed by atoms with E-state index in [2.05, 4.69) is 23.5 Å². The fourth-order valence-corrected chi connectivity index (χ4v) is 4.73. The summed E-state index contributed by atoms with van der Waals surface area (Å²) in [4.78, 5) is 27.7. The van der Waals surface area contributed by atoms with Crippen molar-refractivity contribution in [1.29, 1.82) is 0 Å². The lowest BCUT2D eigenvalue weighted by Crippen LogP contribution is -2.40. The van der Waals surface area contributed by atoms with Crippen molar-refractivity contribution in [3.63, 3.8) is 0 Å². The number of rotatable bonds is 9. The lowest BCUT2D eigenvalue weighted by atomic mass is 9.87. The number of furan rings is 1. The van der Waals surface area contributed by atoms with Gasteiger partial charge in [0.2, 0.25) is 0 Å². The van der Waals surface area contributed by atoms with E-state index in [9.17, 15) is 9.59 Å². The van der Waals surface area contributed by atoms with E-state index in [-0.39, 0.29) is 30.2 Å². The zero-order valence-corrected chi connectivity index (χ0v) is 21.3. The molecule has 1 N–H and O–H groups in total. The Hall–Kier alpha value is -4.36. The number of ether oxygens (including phenoxy) is 2. The van der Waals surface area contributed by atoms with Crippen LogP contribution in [0.15, 0.2) is 95.4 Å². The highest BCUT2D eigenvalue weighted by Crippen LogP contribution is 2.38. The van der Waals surface area contributed by atoms with Crippen molar-refractivity contribution in [2.75, 3.05) is 26.8 Å². The molecule has 0 saturated carbocycles. The van der Waals surface area contributed by atoms with Gasteiger partial charge in [-0.2, -0.15) is 0 Å². The molecule has 1 aliphatic heterocycles. The van der Waals surface area contributed by atoms with Crippen molar-refractivity contribution in [2.24, 2.45) is 0 Å². The van der Waals surface area contributed by atoms with Crippen LogP contribution in [0.2, 0.25) is 0 Å². The summed E-state index contributed by atoms with van der Waals surface area (Å²) in [6.45, 7) is 1.64. The first kappa shape index (κ1) is 25.3. The van der Waals surface area contributed by atoms with Gasteiger partial charge in [-0.05, 0) is 59.5 Å². The van der Waals surface area contributed by atoms with Crippen LogP contribution >= 0.6 is 0 Å². The molecule has 0 spiro atoms. The molecule has 7 heteroatoms. The average Bonchev–Trinajstić information content (AvgIpc) is 3.45. The number of fused-ring (bicyclic) bond motifs is 1. The van der Waals surface area contributed by atoms with Gasteiger partial charge in [-0.25, -0.2) is 0 Å². The van der Waals surface area contributed by atoms with Crippen molar-refractivity contribution in [3.05, 3.63) is 125 Å². The zero-order chi connectivity index (χ0) is 26.3. The first-order chi connectivity index (χ1) is 18.6. The maximum absolute atomic E-state index is 13.6. The third-order valence-electron chi connectivity index (χ3n) is 6.60. The third-order valence-corrected chi connectivity index (χ3v) is 6.60. The monoisotopic (exact) mass is 510 g/mol. The van der Waals surface area contributed by atoms with E-state index in [0.29, 0.717) is 36.8 Å². The van der Waals surface area contributed by atoms with Crippen molar-refractivity contribution in [1.82, 2.24) is 10.2 Å². The third kappa shape index (κ3) is 5.63. The number of benzene rings is 3. The molecule has 2 amide bonds. The molecule has 0 fully saturated rings. The second-order valence-electron chi connectivity index (χ2n) is 9.09. The molecule has 38 heavy (non-hydrogen) atoms. The van der Waals surface area contributed by atoms with Crippen LogP contribution in [0.1, 0.15) is 49.4 Å². The number of amides is 2. The van der Waals surface area contributed by atoms with Crippen molar-refractivity contribution in [2.45, 2.75) is 19.1 Å². The van der Waals surface area contributed by atoms with E-state index >= 15 is 0 Å². The van der Waals surface area contributed by atoms with Gasteiger partial charge in [0.1, 0.15) is 18.1 Å². The number of nitrogens with zero attached hydrogens (tertiary/aromatic N) is 1. The molecule has 194 valence electrons. The summed E-state index contributed by atoms with van der Waals surface area (Å²) < 4.78 is 16.7. The number of nitrogens with one attached hydrogen (secondary N) is 1. The normalized spacial score (nSPS) is 14.6. The van der Waals surface area contributed by atoms with Crippen LogP contribution in [0, 0.1) is 0 Å². The molecule has 2 heterocycles. The van der Waals surface area contributed by atoms with Crippen LogP contribution in [0.4, 0.5) is 0 Å². The quantitative estimate of drug-likeness (QED) is 0.320. The average molecular weight is 511 g/mol. The molecule has 0 bridgehead atoms. The molecule has 1 aromatic heterocycles. The predicted molar refractivity (Wildman–Crippen MR) is 143 cm³/mol. The van der Waals surface area contributed by atoms with Gasteiger partial charge in [-0.15, -0.1) is 0 Å². The van der Waals surface area contributed by atoms with E-state index in [1.807, 2.05) is 65.6 Å². The number of methoxy groups -OCH3 is 1. The highest BCUT2D eigenvalue weighted by molar-refractivity contribution is 5.95. The number of carbonyl (C=O) groups is 2. The van der Waals surface area contributed by atoms with Gasteiger partial charge < -0.3 is 24.1 Å². The van der Waals surface area contributed by atoms with Gasteiger partial charge in [-0.3, -0.25) is 9.59 Å². The molecule has 1 aliphatic rings. The minimum atomic E-state index is -0.295. The maximum Gasteiger partial charge on any atom is 0.287 e. The Labute approximate surface area is 222 Å². The fourth-order valence-electron chi connectivity index (χ4n) is 4.73. The zero-order valence-electron chi connectivity index (χ0n) is 21.3. The summed E-state index contributed by atoms with van der Waals surface area (Å²) >= 11 is 0.